The highest BCUT2D eigenvalue weighted by Gasteiger charge is 2.27. The van der Waals surface area contributed by atoms with Gasteiger partial charge in [0.25, 0.3) is 5.91 Å². The molecule has 4 heteroatoms. The first-order valence-electron chi connectivity index (χ1n) is 6.92. The van der Waals surface area contributed by atoms with Gasteiger partial charge in [0.15, 0.2) is 17.7 Å². The van der Waals surface area contributed by atoms with Crippen LogP contribution in [0, 0.1) is 5.82 Å². The van der Waals surface area contributed by atoms with E-state index in [1.54, 1.807) is 24.0 Å². The normalized spacial score (nSPS) is 14.7. The number of nitrogens with zero attached hydrogens (tertiary/aromatic N) is 1. The van der Waals surface area contributed by atoms with E-state index in [0.717, 1.165) is 11.1 Å². The highest BCUT2D eigenvalue weighted by atomic mass is 19.1. The lowest BCUT2D eigenvalue weighted by Crippen LogP contribution is -2.37. The Morgan fingerprint density at radius 2 is 1.67 bits per heavy atom. The maximum Gasteiger partial charge on any atom is 0.263 e. The molecule has 0 saturated heterocycles. The van der Waals surface area contributed by atoms with Crippen molar-refractivity contribution in [1.29, 1.82) is 0 Å². The van der Waals surface area contributed by atoms with E-state index in [1.165, 1.54) is 12.1 Å². The molecule has 1 aliphatic rings. The lowest BCUT2D eigenvalue weighted by molar-refractivity contribution is -0.138. The summed E-state index contributed by atoms with van der Waals surface area (Å²) in [6.45, 7) is 2.82. The molecule has 0 aliphatic carbocycles. The van der Waals surface area contributed by atoms with E-state index in [9.17, 15) is 9.18 Å². The number of rotatable bonds is 3. The molecule has 3 nitrogen and oxygen atoms in total. The van der Waals surface area contributed by atoms with Crippen LogP contribution in [0.4, 0.5) is 4.39 Å². The SMILES string of the molecule is CC(Oc1ccccc1F)C(=O)N1Cc2ccccc2C1. The fraction of sp³-hybridized carbons (Fsp3) is 0.235. The number of fused-ring (bicyclic) bond motifs is 1. The molecule has 108 valence electrons. The van der Waals surface area contributed by atoms with Crippen LogP contribution in [-0.4, -0.2) is 16.9 Å². The molecule has 3 rings (SSSR count). The highest BCUT2D eigenvalue weighted by Crippen LogP contribution is 2.24. The van der Waals surface area contributed by atoms with Crippen molar-refractivity contribution in [3.8, 4) is 5.75 Å². The molecule has 21 heavy (non-hydrogen) atoms. The molecular formula is C17H16FNO2. The number of halogens is 1. The monoisotopic (exact) mass is 285 g/mol. The summed E-state index contributed by atoms with van der Waals surface area (Å²) in [6, 6.07) is 14.1. The van der Waals surface area contributed by atoms with Crippen molar-refractivity contribution in [3.63, 3.8) is 0 Å². The second kappa shape index (κ2) is 5.56. The quantitative estimate of drug-likeness (QED) is 0.867. The summed E-state index contributed by atoms with van der Waals surface area (Å²) in [7, 11) is 0. The maximum atomic E-state index is 13.6. The van der Waals surface area contributed by atoms with E-state index in [1.807, 2.05) is 24.3 Å². The Morgan fingerprint density at radius 3 is 2.29 bits per heavy atom. The Balaban J connectivity index is 1.68. The zero-order chi connectivity index (χ0) is 14.8. The molecule has 0 spiro atoms. The lowest BCUT2D eigenvalue weighted by Gasteiger charge is -2.21. The molecule has 1 aliphatic heterocycles. The van der Waals surface area contributed by atoms with Gasteiger partial charge in [-0.15, -0.1) is 0 Å². The van der Waals surface area contributed by atoms with Crippen LogP contribution < -0.4 is 4.74 Å². The summed E-state index contributed by atoms with van der Waals surface area (Å²) in [5.74, 6) is -0.480. The van der Waals surface area contributed by atoms with Gasteiger partial charge in [0.1, 0.15) is 0 Å². The molecule has 0 bridgehead atoms. The van der Waals surface area contributed by atoms with Crippen molar-refractivity contribution in [3.05, 3.63) is 65.5 Å². The van der Waals surface area contributed by atoms with Crippen LogP contribution in [0.5, 0.6) is 5.75 Å². The smallest absolute Gasteiger partial charge is 0.263 e. The molecule has 1 heterocycles. The first-order chi connectivity index (χ1) is 10.1. The minimum atomic E-state index is -0.712. The average Bonchev–Trinajstić information content (AvgIpc) is 2.92. The third-order valence-corrected chi connectivity index (χ3v) is 3.64. The molecule has 1 amide bonds. The first-order valence-corrected chi connectivity index (χ1v) is 6.92. The summed E-state index contributed by atoms with van der Waals surface area (Å²) >= 11 is 0. The number of ether oxygens (including phenoxy) is 1. The van der Waals surface area contributed by atoms with E-state index in [0.29, 0.717) is 13.1 Å². The van der Waals surface area contributed by atoms with Gasteiger partial charge < -0.3 is 9.64 Å². The minimum Gasteiger partial charge on any atom is -0.478 e. The van der Waals surface area contributed by atoms with Crippen LogP contribution in [0.1, 0.15) is 18.1 Å². The Labute approximate surface area is 123 Å². The van der Waals surface area contributed by atoms with Crippen LogP contribution in [0.3, 0.4) is 0 Å². The topological polar surface area (TPSA) is 29.5 Å². The average molecular weight is 285 g/mol. The molecule has 0 N–H and O–H groups in total. The number of carbonyl (C=O) groups excluding carboxylic acids is 1. The van der Waals surface area contributed by atoms with Gasteiger partial charge in [0.2, 0.25) is 0 Å². The molecule has 2 aromatic rings. The summed E-state index contributed by atoms with van der Waals surface area (Å²) in [5.41, 5.74) is 2.31. The molecular weight excluding hydrogens is 269 g/mol. The summed E-state index contributed by atoms with van der Waals surface area (Å²) in [6.07, 6.45) is -0.712. The van der Waals surface area contributed by atoms with Gasteiger partial charge >= 0.3 is 0 Å². The molecule has 0 radical (unpaired) electrons. The van der Waals surface area contributed by atoms with Gasteiger partial charge in [0, 0.05) is 13.1 Å². The zero-order valence-corrected chi connectivity index (χ0v) is 11.8. The van der Waals surface area contributed by atoms with E-state index >= 15 is 0 Å². The minimum absolute atomic E-state index is 0.107. The fourth-order valence-electron chi connectivity index (χ4n) is 2.53. The predicted octanol–water partition coefficient (Wildman–Crippen LogP) is 3.14. The van der Waals surface area contributed by atoms with Crippen LogP contribution in [0.25, 0.3) is 0 Å². The number of hydrogen-bond donors (Lipinski definition) is 0. The zero-order valence-electron chi connectivity index (χ0n) is 11.8. The van der Waals surface area contributed by atoms with Crippen LogP contribution in [-0.2, 0) is 17.9 Å². The van der Waals surface area contributed by atoms with Crippen molar-refractivity contribution in [2.24, 2.45) is 0 Å². The van der Waals surface area contributed by atoms with Gasteiger partial charge in [0.05, 0.1) is 0 Å². The van der Waals surface area contributed by atoms with Crippen LogP contribution >= 0.6 is 0 Å². The van der Waals surface area contributed by atoms with Gasteiger partial charge in [-0.05, 0) is 30.2 Å². The first kappa shape index (κ1) is 13.6. The molecule has 1 atom stereocenters. The largest absolute Gasteiger partial charge is 0.478 e. The maximum absolute atomic E-state index is 13.6. The van der Waals surface area contributed by atoms with Crippen LogP contribution in [0.2, 0.25) is 0 Å². The van der Waals surface area contributed by atoms with Crippen molar-refractivity contribution < 1.29 is 13.9 Å². The highest BCUT2D eigenvalue weighted by molar-refractivity contribution is 5.81. The molecule has 0 fully saturated rings. The number of amides is 1. The van der Waals surface area contributed by atoms with E-state index < -0.39 is 11.9 Å². The fourth-order valence-corrected chi connectivity index (χ4v) is 2.53. The van der Waals surface area contributed by atoms with Crippen LogP contribution in [0.15, 0.2) is 48.5 Å². The third kappa shape index (κ3) is 2.75. The lowest BCUT2D eigenvalue weighted by atomic mass is 10.1. The Bertz CT molecular complexity index is 646. The Kier molecular flexibility index (Phi) is 3.60. The van der Waals surface area contributed by atoms with Crippen molar-refractivity contribution in [2.75, 3.05) is 0 Å². The van der Waals surface area contributed by atoms with Gasteiger partial charge in [-0.25, -0.2) is 4.39 Å². The number of hydrogen-bond acceptors (Lipinski definition) is 2. The van der Waals surface area contributed by atoms with Crippen molar-refractivity contribution in [1.82, 2.24) is 4.90 Å². The third-order valence-electron chi connectivity index (χ3n) is 3.64. The van der Waals surface area contributed by atoms with E-state index in [2.05, 4.69) is 0 Å². The van der Waals surface area contributed by atoms with E-state index in [-0.39, 0.29) is 11.7 Å². The Hall–Kier alpha value is -2.36. The second-order valence-corrected chi connectivity index (χ2v) is 5.15. The van der Waals surface area contributed by atoms with Gasteiger partial charge in [-0.1, -0.05) is 36.4 Å². The summed E-state index contributed by atoms with van der Waals surface area (Å²) < 4.78 is 19.0. The number of benzene rings is 2. The molecule has 0 saturated carbocycles. The second-order valence-electron chi connectivity index (χ2n) is 5.15. The number of carbonyl (C=O) groups is 1. The number of para-hydroxylation sites is 1. The van der Waals surface area contributed by atoms with Crippen molar-refractivity contribution >= 4 is 5.91 Å². The predicted molar refractivity (Wildman–Crippen MR) is 77.2 cm³/mol. The van der Waals surface area contributed by atoms with E-state index in [4.69, 9.17) is 4.74 Å². The molecule has 2 aromatic carbocycles. The van der Waals surface area contributed by atoms with Gasteiger partial charge in [-0.3, -0.25) is 4.79 Å². The summed E-state index contributed by atoms with van der Waals surface area (Å²) in [5, 5.41) is 0. The Morgan fingerprint density at radius 1 is 1.10 bits per heavy atom. The van der Waals surface area contributed by atoms with Crippen molar-refractivity contribution in [2.45, 2.75) is 26.1 Å². The molecule has 0 aromatic heterocycles. The van der Waals surface area contributed by atoms with Gasteiger partial charge in [-0.2, -0.15) is 0 Å². The summed E-state index contributed by atoms with van der Waals surface area (Å²) in [4.78, 5) is 14.1. The molecule has 1 unspecified atom stereocenters. The standard InChI is InChI=1S/C17H16FNO2/c1-12(21-16-9-5-4-8-15(16)18)17(20)19-10-13-6-2-3-7-14(13)11-19/h2-9,12H,10-11H2,1H3.